The second-order valence-electron chi connectivity index (χ2n) is 6.75. The van der Waals surface area contributed by atoms with Crippen LogP contribution < -0.4 is 0 Å². The van der Waals surface area contributed by atoms with Crippen molar-refractivity contribution >= 4 is 0 Å². The molecule has 2 atom stereocenters. The molecular weight excluding hydrogens is 226 g/mol. The Morgan fingerprint density at radius 2 is 1.72 bits per heavy atom. The van der Waals surface area contributed by atoms with Crippen LogP contribution in [0.3, 0.4) is 0 Å². The van der Waals surface area contributed by atoms with E-state index in [-0.39, 0.29) is 11.7 Å². The molecular formula is C15H27NO2. The zero-order valence-electron chi connectivity index (χ0n) is 11.4. The number of aliphatic hydroxyl groups excluding tert-OH is 1. The van der Waals surface area contributed by atoms with Crippen molar-refractivity contribution in [1.82, 2.24) is 4.90 Å². The minimum absolute atomic E-state index is 0.0577. The Balaban J connectivity index is 1.60. The summed E-state index contributed by atoms with van der Waals surface area (Å²) >= 11 is 0. The van der Waals surface area contributed by atoms with E-state index >= 15 is 0 Å². The van der Waals surface area contributed by atoms with Gasteiger partial charge in [-0.15, -0.1) is 0 Å². The van der Waals surface area contributed by atoms with Crippen molar-refractivity contribution in [2.45, 2.75) is 75.5 Å². The molecule has 3 rings (SSSR count). The summed E-state index contributed by atoms with van der Waals surface area (Å²) in [5.41, 5.74) is -0.344. The summed E-state index contributed by atoms with van der Waals surface area (Å²) in [6.07, 6.45) is 9.88. The predicted molar refractivity (Wildman–Crippen MR) is 71.4 cm³/mol. The van der Waals surface area contributed by atoms with E-state index in [1.807, 2.05) is 0 Å². The molecule has 2 N–H and O–H groups in total. The maximum Gasteiger partial charge on any atom is 0.0700 e. The molecule has 3 fully saturated rings. The van der Waals surface area contributed by atoms with Crippen LogP contribution in [0.5, 0.6) is 0 Å². The van der Waals surface area contributed by atoms with E-state index < -0.39 is 0 Å². The monoisotopic (exact) mass is 253 g/mol. The molecule has 3 heteroatoms. The highest BCUT2D eigenvalue weighted by atomic mass is 16.3. The molecule has 1 heterocycles. The number of hydrogen-bond donors (Lipinski definition) is 2. The van der Waals surface area contributed by atoms with Gasteiger partial charge in [0.05, 0.1) is 11.7 Å². The summed E-state index contributed by atoms with van der Waals surface area (Å²) in [6.45, 7) is 2.16. The maximum absolute atomic E-state index is 10.7. The molecule has 2 unspecified atom stereocenters. The van der Waals surface area contributed by atoms with Gasteiger partial charge < -0.3 is 10.2 Å². The van der Waals surface area contributed by atoms with Gasteiger partial charge in [-0.2, -0.15) is 0 Å². The summed E-state index contributed by atoms with van der Waals surface area (Å²) in [4.78, 5) is 2.61. The van der Waals surface area contributed by atoms with Crippen LogP contribution in [0.1, 0.15) is 57.8 Å². The van der Waals surface area contributed by atoms with Gasteiger partial charge in [-0.3, -0.25) is 4.90 Å². The highest BCUT2D eigenvalue weighted by molar-refractivity contribution is 4.97. The largest absolute Gasteiger partial charge is 0.393 e. The first-order valence-corrected chi connectivity index (χ1v) is 7.82. The van der Waals surface area contributed by atoms with Crippen molar-refractivity contribution in [3.8, 4) is 0 Å². The van der Waals surface area contributed by atoms with Crippen LogP contribution in [0.4, 0.5) is 0 Å². The van der Waals surface area contributed by atoms with E-state index in [2.05, 4.69) is 4.90 Å². The molecule has 0 bridgehead atoms. The zero-order valence-corrected chi connectivity index (χ0v) is 11.4. The van der Waals surface area contributed by atoms with Gasteiger partial charge in [0.15, 0.2) is 0 Å². The Morgan fingerprint density at radius 3 is 2.50 bits per heavy atom. The Labute approximate surface area is 110 Å². The third-order valence-corrected chi connectivity index (χ3v) is 5.64. The number of rotatable bonds is 1. The van der Waals surface area contributed by atoms with Crippen LogP contribution in [0, 0.1) is 5.92 Å². The Kier molecular flexibility index (Phi) is 3.65. The Morgan fingerprint density at radius 1 is 0.944 bits per heavy atom. The summed E-state index contributed by atoms with van der Waals surface area (Å²) in [7, 11) is 0. The summed E-state index contributed by atoms with van der Waals surface area (Å²) in [5, 5.41) is 20.3. The number of hydrogen-bond acceptors (Lipinski definition) is 3. The molecule has 18 heavy (non-hydrogen) atoms. The smallest absolute Gasteiger partial charge is 0.0700 e. The van der Waals surface area contributed by atoms with Gasteiger partial charge in [0, 0.05) is 25.0 Å². The highest BCUT2D eigenvalue weighted by Crippen LogP contribution is 2.41. The minimum Gasteiger partial charge on any atom is -0.393 e. The zero-order chi connectivity index (χ0) is 12.6. The molecule has 0 aromatic rings. The fourth-order valence-electron chi connectivity index (χ4n) is 4.35. The molecule has 1 aliphatic heterocycles. The molecule has 0 amide bonds. The van der Waals surface area contributed by atoms with Crippen LogP contribution in [-0.4, -0.2) is 45.9 Å². The second kappa shape index (κ2) is 5.10. The number of fused-ring (bicyclic) bond motifs is 1. The van der Waals surface area contributed by atoms with E-state index in [1.54, 1.807) is 0 Å². The Bertz CT molecular complexity index is 288. The SMILES string of the molecule is OC1CCC(N2CCC3(O)CCCCC3C2)CC1. The van der Waals surface area contributed by atoms with E-state index in [0.29, 0.717) is 12.0 Å². The molecule has 0 aromatic heterocycles. The molecule has 0 spiro atoms. The third kappa shape index (κ3) is 2.45. The molecule has 3 aliphatic rings. The van der Waals surface area contributed by atoms with E-state index in [9.17, 15) is 10.2 Å². The van der Waals surface area contributed by atoms with Crippen molar-refractivity contribution in [3.63, 3.8) is 0 Å². The average Bonchev–Trinajstić information content (AvgIpc) is 2.39. The topological polar surface area (TPSA) is 43.7 Å². The van der Waals surface area contributed by atoms with Crippen molar-refractivity contribution < 1.29 is 10.2 Å². The summed E-state index contributed by atoms with van der Waals surface area (Å²) in [5.74, 6) is 0.506. The lowest BCUT2D eigenvalue weighted by Crippen LogP contribution is -2.56. The molecule has 0 radical (unpaired) electrons. The summed E-state index contributed by atoms with van der Waals surface area (Å²) in [6, 6.07) is 0.667. The van der Waals surface area contributed by atoms with Crippen LogP contribution in [-0.2, 0) is 0 Å². The van der Waals surface area contributed by atoms with Gasteiger partial charge in [0.1, 0.15) is 0 Å². The second-order valence-corrected chi connectivity index (χ2v) is 6.75. The molecule has 3 nitrogen and oxygen atoms in total. The van der Waals surface area contributed by atoms with Crippen LogP contribution in [0.25, 0.3) is 0 Å². The van der Waals surface area contributed by atoms with Crippen LogP contribution in [0.2, 0.25) is 0 Å². The molecule has 2 aliphatic carbocycles. The van der Waals surface area contributed by atoms with Crippen molar-refractivity contribution in [2.75, 3.05) is 13.1 Å². The van der Waals surface area contributed by atoms with E-state index in [1.165, 1.54) is 19.3 Å². The Hall–Kier alpha value is -0.120. The van der Waals surface area contributed by atoms with Crippen LogP contribution >= 0.6 is 0 Å². The average molecular weight is 253 g/mol. The molecule has 1 saturated heterocycles. The molecule has 0 aromatic carbocycles. The van der Waals surface area contributed by atoms with Crippen molar-refractivity contribution in [2.24, 2.45) is 5.92 Å². The lowest BCUT2D eigenvalue weighted by atomic mass is 9.70. The fourth-order valence-corrected chi connectivity index (χ4v) is 4.35. The minimum atomic E-state index is -0.344. The van der Waals surface area contributed by atoms with Gasteiger partial charge in [-0.1, -0.05) is 12.8 Å². The van der Waals surface area contributed by atoms with E-state index in [0.717, 1.165) is 51.6 Å². The predicted octanol–water partition coefficient (Wildman–Crippen LogP) is 1.92. The van der Waals surface area contributed by atoms with Gasteiger partial charge >= 0.3 is 0 Å². The molecule has 104 valence electrons. The summed E-state index contributed by atoms with van der Waals surface area (Å²) < 4.78 is 0. The van der Waals surface area contributed by atoms with Gasteiger partial charge in [-0.05, 0) is 44.9 Å². The fraction of sp³-hybridized carbons (Fsp3) is 1.00. The van der Waals surface area contributed by atoms with Gasteiger partial charge in [-0.25, -0.2) is 0 Å². The number of piperidine rings is 1. The highest BCUT2D eigenvalue weighted by Gasteiger charge is 2.44. The number of aliphatic hydroxyl groups is 2. The van der Waals surface area contributed by atoms with Crippen LogP contribution in [0.15, 0.2) is 0 Å². The quantitative estimate of drug-likeness (QED) is 0.750. The van der Waals surface area contributed by atoms with E-state index in [4.69, 9.17) is 0 Å². The maximum atomic E-state index is 10.7. The first kappa shape index (κ1) is 12.9. The third-order valence-electron chi connectivity index (χ3n) is 5.64. The number of likely N-dealkylation sites (tertiary alicyclic amines) is 1. The normalized spacial score (nSPS) is 46.7. The standard InChI is InChI=1S/C15H27NO2/c17-14-6-4-13(5-7-14)16-10-9-15(18)8-2-1-3-12(15)11-16/h12-14,17-18H,1-11H2. The lowest BCUT2D eigenvalue weighted by Gasteiger charge is -2.50. The lowest BCUT2D eigenvalue weighted by molar-refractivity contribution is -0.106. The number of nitrogens with zero attached hydrogens (tertiary/aromatic N) is 1. The van der Waals surface area contributed by atoms with Crippen molar-refractivity contribution in [3.05, 3.63) is 0 Å². The first-order valence-electron chi connectivity index (χ1n) is 7.82. The van der Waals surface area contributed by atoms with Gasteiger partial charge in [0.2, 0.25) is 0 Å². The van der Waals surface area contributed by atoms with Gasteiger partial charge in [0.25, 0.3) is 0 Å². The molecule has 2 saturated carbocycles. The van der Waals surface area contributed by atoms with Crippen molar-refractivity contribution in [1.29, 1.82) is 0 Å². The first-order chi connectivity index (χ1) is 8.67.